The number of nitrogen functional groups attached to an aromatic ring is 1. The number of nitrogens with zero attached hydrogens (tertiary/aromatic N) is 3. The predicted molar refractivity (Wildman–Crippen MR) is 95.8 cm³/mol. The summed E-state index contributed by atoms with van der Waals surface area (Å²) < 4.78 is 29.9. The van der Waals surface area contributed by atoms with Crippen LogP contribution < -0.4 is 11.4 Å². The van der Waals surface area contributed by atoms with E-state index < -0.39 is 24.7 Å². The Bertz CT molecular complexity index is 1010. The van der Waals surface area contributed by atoms with Gasteiger partial charge < -0.3 is 15.5 Å². The molecule has 0 aliphatic carbocycles. The van der Waals surface area contributed by atoms with E-state index in [4.69, 9.17) is 5.73 Å². The number of carbonyl (C=O) groups is 1. The number of hydrogen-bond donors (Lipinski definition) is 2. The minimum Gasteiger partial charge on any atom is -0.459 e. The zero-order chi connectivity index (χ0) is 19.4. The van der Waals surface area contributed by atoms with E-state index in [1.54, 1.807) is 0 Å². The molecule has 0 saturated heterocycles. The topological polar surface area (TPSA) is 116 Å². The Kier molecular flexibility index (Phi) is 5.69. The number of aromatic amines is 1. The number of thioether (sulfide) groups is 1. The van der Waals surface area contributed by atoms with Crippen LogP contribution in [0.3, 0.4) is 0 Å². The first kappa shape index (κ1) is 18.8. The fraction of sp³-hybridized carbons (Fsp3) is 0.250. The molecule has 0 spiro atoms. The average molecular weight is 395 g/mol. The van der Waals surface area contributed by atoms with Gasteiger partial charge in [0.05, 0.1) is 12.3 Å². The largest absolute Gasteiger partial charge is 0.459 e. The van der Waals surface area contributed by atoms with Crippen LogP contribution in [0.25, 0.3) is 11.2 Å². The van der Waals surface area contributed by atoms with Gasteiger partial charge in [-0.05, 0) is 5.56 Å². The van der Waals surface area contributed by atoms with E-state index in [0.29, 0.717) is 11.2 Å². The predicted octanol–water partition coefficient (Wildman–Crippen LogP) is 1.65. The van der Waals surface area contributed by atoms with Crippen molar-refractivity contribution in [3.05, 3.63) is 46.4 Å². The summed E-state index contributed by atoms with van der Waals surface area (Å²) in [5.74, 6) is -1.03. The molecule has 2 aromatic heterocycles. The van der Waals surface area contributed by atoms with Crippen molar-refractivity contribution in [2.75, 3.05) is 18.1 Å². The molecule has 1 aromatic carbocycles. The molecule has 0 saturated carbocycles. The zero-order valence-electron chi connectivity index (χ0n) is 13.9. The van der Waals surface area contributed by atoms with Gasteiger partial charge in [0.1, 0.15) is 5.52 Å². The van der Waals surface area contributed by atoms with Crippen molar-refractivity contribution >= 4 is 34.7 Å². The molecule has 2 heterocycles. The SMILES string of the molecule is Nc1nc(SCC(=O)OCC(F)F)nc2c1[nH]c(=O)n2Cc1ccccc1. The summed E-state index contributed by atoms with van der Waals surface area (Å²) in [6.45, 7) is -0.688. The number of ether oxygens (including phenoxy) is 1. The summed E-state index contributed by atoms with van der Waals surface area (Å²) in [6, 6.07) is 9.30. The number of fused-ring (bicyclic) bond motifs is 1. The van der Waals surface area contributed by atoms with Crippen molar-refractivity contribution in [3.8, 4) is 0 Å². The van der Waals surface area contributed by atoms with Gasteiger partial charge in [0.25, 0.3) is 6.43 Å². The van der Waals surface area contributed by atoms with Crippen LogP contribution in [0.1, 0.15) is 5.56 Å². The third-order valence-corrected chi connectivity index (χ3v) is 4.32. The molecule has 0 radical (unpaired) electrons. The lowest BCUT2D eigenvalue weighted by atomic mass is 10.2. The molecule has 0 fully saturated rings. The molecule has 142 valence electrons. The van der Waals surface area contributed by atoms with Crippen molar-refractivity contribution in [1.29, 1.82) is 0 Å². The van der Waals surface area contributed by atoms with E-state index in [9.17, 15) is 18.4 Å². The summed E-state index contributed by atoms with van der Waals surface area (Å²) in [5, 5.41) is 0.134. The van der Waals surface area contributed by atoms with Gasteiger partial charge >= 0.3 is 11.7 Å². The first-order valence-corrected chi connectivity index (χ1v) is 8.79. The van der Waals surface area contributed by atoms with Crippen molar-refractivity contribution in [2.45, 2.75) is 18.1 Å². The molecule has 0 bridgehead atoms. The third kappa shape index (κ3) is 4.61. The number of esters is 1. The summed E-state index contributed by atoms with van der Waals surface area (Å²) in [5.41, 5.74) is 6.95. The number of aromatic nitrogens is 4. The van der Waals surface area contributed by atoms with Gasteiger partial charge in [-0.2, -0.15) is 0 Å². The number of benzene rings is 1. The van der Waals surface area contributed by atoms with Crippen LogP contribution in [0.4, 0.5) is 14.6 Å². The number of alkyl halides is 2. The van der Waals surface area contributed by atoms with Crippen LogP contribution in [-0.2, 0) is 16.1 Å². The maximum absolute atomic E-state index is 12.3. The highest BCUT2D eigenvalue weighted by Crippen LogP contribution is 2.21. The zero-order valence-corrected chi connectivity index (χ0v) is 14.7. The van der Waals surface area contributed by atoms with Crippen molar-refractivity contribution in [2.24, 2.45) is 0 Å². The van der Waals surface area contributed by atoms with Crippen molar-refractivity contribution in [1.82, 2.24) is 19.5 Å². The number of H-pyrrole nitrogens is 1. The minimum atomic E-state index is -2.73. The quantitative estimate of drug-likeness (QED) is 0.355. The first-order valence-electron chi connectivity index (χ1n) is 7.80. The smallest absolute Gasteiger partial charge is 0.328 e. The fourth-order valence-corrected chi connectivity index (χ4v) is 2.97. The van der Waals surface area contributed by atoms with Gasteiger partial charge in [0, 0.05) is 0 Å². The Hall–Kier alpha value is -2.95. The van der Waals surface area contributed by atoms with Crippen molar-refractivity contribution in [3.63, 3.8) is 0 Å². The van der Waals surface area contributed by atoms with Crippen LogP contribution in [0.15, 0.2) is 40.3 Å². The van der Waals surface area contributed by atoms with E-state index in [-0.39, 0.29) is 23.3 Å². The summed E-state index contributed by atoms with van der Waals surface area (Å²) >= 11 is 0.883. The number of imidazole rings is 1. The molecule has 0 atom stereocenters. The Labute approximate surface area is 155 Å². The molecule has 0 amide bonds. The minimum absolute atomic E-state index is 0.0485. The molecule has 0 aliphatic rings. The van der Waals surface area contributed by atoms with E-state index in [0.717, 1.165) is 17.3 Å². The van der Waals surface area contributed by atoms with Crippen LogP contribution in [0.5, 0.6) is 0 Å². The normalized spacial score (nSPS) is 11.2. The Morgan fingerprint density at radius 1 is 1.30 bits per heavy atom. The van der Waals surface area contributed by atoms with Gasteiger partial charge in [-0.15, -0.1) is 0 Å². The van der Waals surface area contributed by atoms with Crippen LogP contribution in [0, 0.1) is 0 Å². The molecule has 27 heavy (non-hydrogen) atoms. The highest BCUT2D eigenvalue weighted by molar-refractivity contribution is 7.99. The monoisotopic (exact) mass is 395 g/mol. The third-order valence-electron chi connectivity index (χ3n) is 3.50. The molecule has 3 N–H and O–H groups in total. The lowest BCUT2D eigenvalue weighted by Crippen LogP contribution is -2.17. The van der Waals surface area contributed by atoms with Crippen LogP contribution >= 0.6 is 11.8 Å². The number of rotatable bonds is 7. The Balaban J connectivity index is 1.83. The lowest BCUT2D eigenvalue weighted by molar-refractivity contribution is -0.144. The summed E-state index contributed by atoms with van der Waals surface area (Å²) in [7, 11) is 0. The van der Waals surface area contributed by atoms with E-state index >= 15 is 0 Å². The number of nitrogens with one attached hydrogen (secondary N) is 1. The number of nitrogens with two attached hydrogens (primary N) is 1. The van der Waals surface area contributed by atoms with E-state index in [1.807, 2.05) is 30.3 Å². The summed E-state index contributed by atoms with van der Waals surface area (Å²) in [6.07, 6.45) is -2.73. The van der Waals surface area contributed by atoms with E-state index in [1.165, 1.54) is 4.57 Å². The van der Waals surface area contributed by atoms with Gasteiger partial charge in [0.2, 0.25) is 0 Å². The Morgan fingerprint density at radius 3 is 2.74 bits per heavy atom. The Morgan fingerprint density at radius 2 is 2.04 bits per heavy atom. The van der Waals surface area contributed by atoms with Crippen LogP contribution in [0.2, 0.25) is 0 Å². The molecule has 3 rings (SSSR count). The second-order valence-corrected chi connectivity index (χ2v) is 6.40. The molecular weight excluding hydrogens is 380 g/mol. The highest BCUT2D eigenvalue weighted by atomic mass is 32.2. The number of carbonyl (C=O) groups excluding carboxylic acids is 1. The maximum atomic E-state index is 12.3. The first-order chi connectivity index (χ1) is 12.9. The van der Waals surface area contributed by atoms with Gasteiger partial charge in [-0.25, -0.2) is 23.5 Å². The molecule has 0 unspecified atom stereocenters. The number of halogens is 2. The molecule has 11 heteroatoms. The molecule has 8 nitrogen and oxygen atoms in total. The standard InChI is InChI=1S/C16H15F2N5O3S/c17-10(18)7-26-11(24)8-27-15-21-13(19)12-14(22-15)23(16(25)20-12)6-9-4-2-1-3-5-9/h1-5,10H,6-8H2,(H,20,25)(H2,19,21,22). The van der Waals surface area contributed by atoms with Crippen molar-refractivity contribution < 1.29 is 18.3 Å². The average Bonchev–Trinajstić information content (AvgIpc) is 2.95. The maximum Gasteiger partial charge on any atom is 0.328 e. The van der Waals surface area contributed by atoms with Gasteiger partial charge in [0.15, 0.2) is 23.2 Å². The number of hydrogen-bond acceptors (Lipinski definition) is 7. The molecule has 3 aromatic rings. The summed E-state index contributed by atoms with van der Waals surface area (Å²) in [4.78, 5) is 34.6. The van der Waals surface area contributed by atoms with Crippen LogP contribution in [-0.4, -0.2) is 44.3 Å². The van der Waals surface area contributed by atoms with Gasteiger partial charge in [-0.3, -0.25) is 9.36 Å². The second kappa shape index (κ2) is 8.16. The highest BCUT2D eigenvalue weighted by Gasteiger charge is 2.16. The molecule has 0 aliphatic heterocycles. The van der Waals surface area contributed by atoms with Gasteiger partial charge in [-0.1, -0.05) is 42.1 Å². The number of anilines is 1. The second-order valence-electron chi connectivity index (χ2n) is 5.45. The van der Waals surface area contributed by atoms with E-state index in [2.05, 4.69) is 19.7 Å². The lowest BCUT2D eigenvalue weighted by Gasteiger charge is -2.06. The molecular formula is C16H15F2N5O3S. The fourth-order valence-electron chi connectivity index (χ4n) is 2.33.